The van der Waals surface area contributed by atoms with Crippen LogP contribution < -0.4 is 5.32 Å². The van der Waals surface area contributed by atoms with Crippen LogP contribution in [0.15, 0.2) is 30.6 Å². The molecule has 0 aliphatic heterocycles. The van der Waals surface area contributed by atoms with E-state index in [1.165, 1.54) is 12.1 Å². The molecule has 1 aromatic carbocycles. The van der Waals surface area contributed by atoms with E-state index in [0.717, 1.165) is 37.3 Å². The lowest BCUT2D eigenvalue weighted by Crippen LogP contribution is -2.26. The predicted octanol–water partition coefficient (Wildman–Crippen LogP) is 1.97. The van der Waals surface area contributed by atoms with Crippen LogP contribution in [-0.4, -0.2) is 27.9 Å². The zero-order valence-electron chi connectivity index (χ0n) is 12.0. The third-order valence-electron chi connectivity index (χ3n) is 3.40. The molecule has 4 nitrogen and oxygen atoms in total. The van der Waals surface area contributed by atoms with Crippen LogP contribution in [0.4, 0.5) is 4.39 Å². The maximum Gasteiger partial charge on any atom is 0.138 e. The fourth-order valence-corrected chi connectivity index (χ4v) is 2.28. The minimum absolute atomic E-state index is 0.190. The molecule has 1 N–H and O–H groups in total. The average Bonchev–Trinajstić information content (AvgIpc) is 2.84. The molecule has 5 heteroatoms. The van der Waals surface area contributed by atoms with E-state index in [2.05, 4.69) is 22.3 Å². The summed E-state index contributed by atoms with van der Waals surface area (Å²) < 4.78 is 14.8. The van der Waals surface area contributed by atoms with Crippen molar-refractivity contribution in [1.29, 1.82) is 0 Å². The summed E-state index contributed by atoms with van der Waals surface area (Å²) in [7, 11) is 1.91. The van der Waals surface area contributed by atoms with Gasteiger partial charge in [-0.1, -0.05) is 19.1 Å². The predicted molar refractivity (Wildman–Crippen MR) is 76.8 cm³/mol. The van der Waals surface area contributed by atoms with E-state index in [4.69, 9.17) is 0 Å². The molecule has 0 bridgehead atoms. The molecule has 1 unspecified atom stereocenters. The van der Waals surface area contributed by atoms with E-state index in [1.807, 2.05) is 23.9 Å². The number of rotatable bonds is 7. The van der Waals surface area contributed by atoms with E-state index >= 15 is 0 Å². The van der Waals surface area contributed by atoms with Gasteiger partial charge in [-0.2, -0.15) is 5.10 Å². The molecule has 108 valence electrons. The van der Waals surface area contributed by atoms with Crippen LogP contribution in [0, 0.1) is 11.7 Å². The van der Waals surface area contributed by atoms with E-state index in [0.29, 0.717) is 5.92 Å². The summed E-state index contributed by atoms with van der Waals surface area (Å²) in [5.74, 6) is 1.21. The quantitative estimate of drug-likeness (QED) is 0.840. The molecule has 0 aliphatic rings. The number of nitrogens with zero attached hydrogens (tertiary/aromatic N) is 3. The second-order valence-electron chi connectivity index (χ2n) is 5.01. The Morgan fingerprint density at radius 1 is 1.25 bits per heavy atom. The Hall–Kier alpha value is -1.75. The van der Waals surface area contributed by atoms with Crippen molar-refractivity contribution in [3.05, 3.63) is 47.8 Å². The monoisotopic (exact) mass is 276 g/mol. The van der Waals surface area contributed by atoms with E-state index in [-0.39, 0.29) is 5.82 Å². The Morgan fingerprint density at radius 2 is 2.00 bits per heavy atom. The topological polar surface area (TPSA) is 42.7 Å². The molecule has 0 saturated carbocycles. The normalized spacial score (nSPS) is 12.6. The summed E-state index contributed by atoms with van der Waals surface area (Å²) in [4.78, 5) is 4.28. The third kappa shape index (κ3) is 4.13. The zero-order valence-corrected chi connectivity index (χ0v) is 12.0. The van der Waals surface area contributed by atoms with Crippen molar-refractivity contribution in [3.63, 3.8) is 0 Å². The molecule has 0 fully saturated rings. The van der Waals surface area contributed by atoms with E-state index in [1.54, 1.807) is 6.33 Å². The average molecular weight is 276 g/mol. The fourth-order valence-electron chi connectivity index (χ4n) is 2.28. The first-order valence-electron chi connectivity index (χ1n) is 6.97. The molecular formula is C15H21FN4. The van der Waals surface area contributed by atoms with Gasteiger partial charge in [0.2, 0.25) is 0 Å². The van der Waals surface area contributed by atoms with Gasteiger partial charge in [-0.3, -0.25) is 4.68 Å². The molecule has 0 amide bonds. The Kier molecular flexibility index (Phi) is 5.24. The summed E-state index contributed by atoms with van der Waals surface area (Å²) in [6, 6.07) is 6.74. The lowest BCUT2D eigenvalue weighted by Gasteiger charge is -2.17. The molecule has 0 saturated heterocycles. The van der Waals surface area contributed by atoms with Crippen LogP contribution in [0.25, 0.3) is 0 Å². The highest BCUT2D eigenvalue weighted by atomic mass is 19.1. The van der Waals surface area contributed by atoms with Crippen molar-refractivity contribution in [1.82, 2.24) is 20.1 Å². The Bertz CT molecular complexity index is 521. The van der Waals surface area contributed by atoms with Crippen molar-refractivity contribution < 1.29 is 4.39 Å². The largest absolute Gasteiger partial charge is 0.317 e. The first kappa shape index (κ1) is 14.7. The van der Waals surface area contributed by atoms with Crippen molar-refractivity contribution in [2.75, 3.05) is 13.1 Å². The first-order chi connectivity index (χ1) is 9.69. The van der Waals surface area contributed by atoms with Crippen LogP contribution in [0.3, 0.4) is 0 Å². The van der Waals surface area contributed by atoms with Gasteiger partial charge in [0.05, 0.1) is 0 Å². The molecule has 1 atom stereocenters. The molecule has 2 rings (SSSR count). The molecule has 0 aliphatic carbocycles. The molecule has 1 aromatic heterocycles. The van der Waals surface area contributed by atoms with E-state index in [9.17, 15) is 4.39 Å². The number of hydrogen-bond acceptors (Lipinski definition) is 3. The summed E-state index contributed by atoms with van der Waals surface area (Å²) in [6.07, 6.45) is 3.35. The van der Waals surface area contributed by atoms with Crippen LogP contribution >= 0.6 is 0 Å². The van der Waals surface area contributed by atoms with Crippen molar-refractivity contribution in [2.24, 2.45) is 13.0 Å². The molecular weight excluding hydrogens is 255 g/mol. The highest BCUT2D eigenvalue weighted by Crippen LogP contribution is 2.13. The van der Waals surface area contributed by atoms with Gasteiger partial charge in [0.1, 0.15) is 18.0 Å². The maximum atomic E-state index is 13.0. The number of benzene rings is 1. The lowest BCUT2D eigenvalue weighted by atomic mass is 9.95. The van der Waals surface area contributed by atoms with Gasteiger partial charge >= 0.3 is 0 Å². The second-order valence-corrected chi connectivity index (χ2v) is 5.01. The number of nitrogens with one attached hydrogen (secondary N) is 1. The van der Waals surface area contributed by atoms with Gasteiger partial charge in [0.15, 0.2) is 0 Å². The lowest BCUT2D eigenvalue weighted by molar-refractivity contribution is 0.459. The van der Waals surface area contributed by atoms with Gasteiger partial charge in [0.25, 0.3) is 0 Å². The molecule has 0 spiro atoms. The number of aromatic nitrogens is 3. The van der Waals surface area contributed by atoms with Gasteiger partial charge in [-0.15, -0.1) is 0 Å². The Balaban J connectivity index is 2.03. The molecule has 20 heavy (non-hydrogen) atoms. The van der Waals surface area contributed by atoms with Crippen LogP contribution in [0.5, 0.6) is 0 Å². The van der Waals surface area contributed by atoms with Crippen LogP contribution in [0.1, 0.15) is 18.3 Å². The smallest absolute Gasteiger partial charge is 0.138 e. The summed E-state index contributed by atoms with van der Waals surface area (Å²) in [6.45, 7) is 3.96. The van der Waals surface area contributed by atoms with E-state index < -0.39 is 0 Å². The van der Waals surface area contributed by atoms with Gasteiger partial charge in [-0.25, -0.2) is 9.37 Å². The SMILES string of the molecule is CCNCC(Cc1ccc(F)cc1)Cc1ncnn1C. The fraction of sp³-hybridized carbons (Fsp3) is 0.467. The molecule has 0 radical (unpaired) electrons. The minimum Gasteiger partial charge on any atom is -0.317 e. The van der Waals surface area contributed by atoms with Gasteiger partial charge in [-0.05, 0) is 43.1 Å². The van der Waals surface area contributed by atoms with Gasteiger partial charge < -0.3 is 5.32 Å². The minimum atomic E-state index is -0.190. The number of halogens is 1. The summed E-state index contributed by atoms with van der Waals surface area (Å²) in [5.41, 5.74) is 1.15. The molecule has 1 heterocycles. The van der Waals surface area contributed by atoms with Crippen molar-refractivity contribution in [3.8, 4) is 0 Å². The van der Waals surface area contributed by atoms with Crippen molar-refractivity contribution in [2.45, 2.75) is 19.8 Å². The number of hydrogen-bond donors (Lipinski definition) is 1. The highest BCUT2D eigenvalue weighted by Gasteiger charge is 2.13. The van der Waals surface area contributed by atoms with Crippen molar-refractivity contribution >= 4 is 0 Å². The second kappa shape index (κ2) is 7.14. The van der Waals surface area contributed by atoms with Gasteiger partial charge in [0, 0.05) is 13.5 Å². The van der Waals surface area contributed by atoms with Crippen LogP contribution in [-0.2, 0) is 19.9 Å². The summed E-state index contributed by atoms with van der Waals surface area (Å²) >= 11 is 0. The Labute approximate surface area is 119 Å². The molecule has 2 aromatic rings. The standard InChI is InChI=1S/C15H21FN4/c1-3-17-10-13(9-15-18-11-19-20(15)2)8-12-4-6-14(16)7-5-12/h4-7,11,13,17H,3,8-10H2,1-2H3. The third-order valence-corrected chi connectivity index (χ3v) is 3.40. The zero-order chi connectivity index (χ0) is 14.4. The highest BCUT2D eigenvalue weighted by molar-refractivity contribution is 5.17. The first-order valence-corrected chi connectivity index (χ1v) is 6.97. The maximum absolute atomic E-state index is 13.0. The number of aryl methyl sites for hydroxylation is 1. The summed E-state index contributed by atoms with van der Waals surface area (Å²) in [5, 5.41) is 7.48. The van der Waals surface area contributed by atoms with Crippen LogP contribution in [0.2, 0.25) is 0 Å². The Morgan fingerprint density at radius 3 is 2.60 bits per heavy atom.